The van der Waals surface area contributed by atoms with Gasteiger partial charge in [0.25, 0.3) is 5.91 Å². The molecule has 3 rings (SSSR count). The van der Waals surface area contributed by atoms with Crippen LogP contribution in [0.2, 0.25) is 5.02 Å². The van der Waals surface area contributed by atoms with Crippen molar-refractivity contribution in [1.29, 1.82) is 0 Å². The molecule has 0 saturated carbocycles. The maximum absolute atomic E-state index is 13.0. The summed E-state index contributed by atoms with van der Waals surface area (Å²) in [6, 6.07) is 14.6. The molecule has 1 atom stereocenters. The van der Waals surface area contributed by atoms with Gasteiger partial charge in [-0.25, -0.2) is 8.42 Å². The summed E-state index contributed by atoms with van der Waals surface area (Å²) in [5, 5.41) is 0.613. The van der Waals surface area contributed by atoms with E-state index in [1.165, 1.54) is 5.56 Å². The van der Waals surface area contributed by atoms with Gasteiger partial charge in [-0.1, -0.05) is 56.6 Å². The van der Waals surface area contributed by atoms with E-state index in [0.717, 1.165) is 5.56 Å². The normalized spacial score (nSPS) is 18.2. The van der Waals surface area contributed by atoms with Gasteiger partial charge >= 0.3 is 0 Å². The number of halogens is 1. The lowest BCUT2D eigenvalue weighted by Crippen LogP contribution is -2.43. The smallest absolute Gasteiger partial charge is 0.261 e. The van der Waals surface area contributed by atoms with Crippen molar-refractivity contribution in [1.82, 2.24) is 4.90 Å². The van der Waals surface area contributed by atoms with Gasteiger partial charge in [-0.3, -0.25) is 4.79 Å². The summed E-state index contributed by atoms with van der Waals surface area (Å²) in [5.41, 5.74) is 2.12. The third kappa shape index (κ3) is 5.99. The Morgan fingerprint density at radius 1 is 1.10 bits per heavy atom. The van der Waals surface area contributed by atoms with E-state index in [9.17, 15) is 13.2 Å². The largest absolute Gasteiger partial charge is 0.484 e. The van der Waals surface area contributed by atoms with E-state index in [4.69, 9.17) is 16.3 Å². The summed E-state index contributed by atoms with van der Waals surface area (Å²) in [6.45, 7) is 6.59. The predicted molar refractivity (Wildman–Crippen MR) is 120 cm³/mol. The fourth-order valence-corrected chi connectivity index (χ4v) is 5.36. The lowest BCUT2D eigenvalue weighted by molar-refractivity contribution is -0.136. The number of nitrogens with zero attached hydrogens (tertiary/aromatic N) is 1. The average Bonchev–Trinajstić information content (AvgIpc) is 3.04. The number of amides is 1. The number of hydrogen-bond donors (Lipinski definition) is 0. The Morgan fingerprint density at radius 3 is 2.27 bits per heavy atom. The molecular formula is C23H28ClNO4S. The number of rotatable bonds is 6. The first-order valence-corrected chi connectivity index (χ1v) is 12.2. The number of benzene rings is 2. The highest BCUT2D eigenvalue weighted by molar-refractivity contribution is 7.91. The highest BCUT2D eigenvalue weighted by Gasteiger charge is 2.34. The van der Waals surface area contributed by atoms with Gasteiger partial charge in [0.15, 0.2) is 16.4 Å². The summed E-state index contributed by atoms with van der Waals surface area (Å²) >= 11 is 5.95. The Morgan fingerprint density at radius 2 is 1.73 bits per heavy atom. The number of ether oxygens (including phenoxy) is 1. The SMILES string of the molecule is CC(C)(C)c1ccc(OCC(=O)N(Cc2ccc(Cl)cc2)C2CCS(=O)(=O)C2)cc1. The molecule has 1 fully saturated rings. The Kier molecular flexibility index (Phi) is 6.78. The first-order chi connectivity index (χ1) is 14.0. The third-order valence-electron chi connectivity index (χ3n) is 5.32. The minimum absolute atomic E-state index is 0.00733. The minimum Gasteiger partial charge on any atom is -0.484 e. The van der Waals surface area contributed by atoms with Gasteiger partial charge in [0.1, 0.15) is 5.75 Å². The average molecular weight is 450 g/mol. The van der Waals surface area contributed by atoms with E-state index in [-0.39, 0.29) is 35.5 Å². The Labute approximate surface area is 183 Å². The molecule has 1 amide bonds. The predicted octanol–water partition coefficient (Wildman–Crippen LogP) is 4.23. The second-order valence-electron chi connectivity index (χ2n) is 8.77. The molecular weight excluding hydrogens is 422 g/mol. The van der Waals surface area contributed by atoms with Crippen LogP contribution in [0, 0.1) is 0 Å². The van der Waals surface area contributed by atoms with Gasteiger partial charge in [0.05, 0.1) is 11.5 Å². The maximum Gasteiger partial charge on any atom is 0.261 e. The fraction of sp³-hybridized carbons (Fsp3) is 0.435. The molecule has 0 bridgehead atoms. The molecule has 2 aromatic carbocycles. The summed E-state index contributed by atoms with van der Waals surface area (Å²) < 4.78 is 29.7. The van der Waals surface area contributed by atoms with Crippen molar-refractivity contribution in [3.8, 4) is 5.75 Å². The van der Waals surface area contributed by atoms with Gasteiger partial charge in [-0.05, 0) is 47.2 Å². The van der Waals surface area contributed by atoms with Crippen LogP contribution in [0.15, 0.2) is 48.5 Å². The van der Waals surface area contributed by atoms with Gasteiger partial charge in [-0.2, -0.15) is 0 Å². The van der Waals surface area contributed by atoms with Crippen LogP contribution < -0.4 is 4.74 Å². The van der Waals surface area contributed by atoms with Crippen LogP contribution in [0.4, 0.5) is 0 Å². The molecule has 1 saturated heterocycles. The molecule has 1 unspecified atom stereocenters. The number of carbonyl (C=O) groups is 1. The van der Waals surface area contributed by atoms with Gasteiger partial charge in [0, 0.05) is 17.6 Å². The summed E-state index contributed by atoms with van der Waals surface area (Å²) in [4.78, 5) is 14.6. The molecule has 5 nitrogen and oxygen atoms in total. The topological polar surface area (TPSA) is 63.7 Å². The molecule has 162 valence electrons. The molecule has 2 aromatic rings. The van der Waals surface area contributed by atoms with E-state index >= 15 is 0 Å². The second kappa shape index (κ2) is 8.98. The molecule has 1 heterocycles. The molecule has 7 heteroatoms. The molecule has 30 heavy (non-hydrogen) atoms. The monoisotopic (exact) mass is 449 g/mol. The van der Waals surface area contributed by atoms with E-state index in [1.54, 1.807) is 17.0 Å². The van der Waals surface area contributed by atoms with E-state index < -0.39 is 9.84 Å². The molecule has 1 aliphatic rings. The Hall–Kier alpha value is -2.05. The van der Waals surface area contributed by atoms with Crippen LogP contribution in [0.25, 0.3) is 0 Å². The lowest BCUT2D eigenvalue weighted by atomic mass is 9.87. The first-order valence-electron chi connectivity index (χ1n) is 10.0. The molecule has 0 radical (unpaired) electrons. The highest BCUT2D eigenvalue weighted by atomic mass is 35.5. The van der Waals surface area contributed by atoms with Crippen LogP contribution in [0.5, 0.6) is 5.75 Å². The van der Waals surface area contributed by atoms with Gasteiger partial charge < -0.3 is 9.64 Å². The first kappa shape index (κ1) is 22.6. The van der Waals surface area contributed by atoms with Crippen molar-refractivity contribution in [2.75, 3.05) is 18.1 Å². The number of hydrogen-bond acceptors (Lipinski definition) is 4. The van der Waals surface area contributed by atoms with Crippen molar-refractivity contribution in [2.24, 2.45) is 0 Å². The number of carbonyl (C=O) groups excluding carboxylic acids is 1. The maximum atomic E-state index is 13.0. The van der Waals surface area contributed by atoms with E-state index in [1.807, 2.05) is 36.4 Å². The Balaban J connectivity index is 1.70. The zero-order valence-corrected chi connectivity index (χ0v) is 19.2. The van der Waals surface area contributed by atoms with Crippen molar-refractivity contribution < 1.29 is 17.9 Å². The third-order valence-corrected chi connectivity index (χ3v) is 7.32. The molecule has 1 aliphatic heterocycles. The molecule has 0 N–H and O–H groups in total. The van der Waals surface area contributed by atoms with Crippen molar-refractivity contribution >= 4 is 27.3 Å². The fourth-order valence-electron chi connectivity index (χ4n) is 3.51. The zero-order valence-electron chi connectivity index (χ0n) is 17.6. The highest BCUT2D eigenvalue weighted by Crippen LogP contribution is 2.25. The number of sulfone groups is 1. The van der Waals surface area contributed by atoms with Crippen LogP contribution in [-0.2, 0) is 26.6 Å². The second-order valence-corrected chi connectivity index (χ2v) is 11.4. The van der Waals surface area contributed by atoms with Crippen molar-refractivity contribution in [2.45, 2.75) is 45.2 Å². The lowest BCUT2D eigenvalue weighted by Gasteiger charge is -2.28. The van der Waals surface area contributed by atoms with Crippen LogP contribution in [0.3, 0.4) is 0 Å². The van der Waals surface area contributed by atoms with Gasteiger partial charge in [-0.15, -0.1) is 0 Å². The minimum atomic E-state index is -3.11. The Bertz CT molecular complexity index is 979. The summed E-state index contributed by atoms with van der Waals surface area (Å²) in [7, 11) is -3.11. The standard InChI is InChI=1S/C23H28ClNO4S/c1-23(2,3)18-6-10-21(11-7-18)29-15-22(26)25(20-12-13-30(27,28)16-20)14-17-4-8-19(24)9-5-17/h4-11,20H,12-16H2,1-3H3. The quantitative estimate of drug-likeness (QED) is 0.661. The van der Waals surface area contributed by atoms with Crippen LogP contribution in [-0.4, -0.2) is 43.4 Å². The van der Waals surface area contributed by atoms with Gasteiger partial charge in [0.2, 0.25) is 0 Å². The van der Waals surface area contributed by atoms with E-state index in [0.29, 0.717) is 23.7 Å². The van der Waals surface area contributed by atoms with Crippen LogP contribution >= 0.6 is 11.6 Å². The summed E-state index contributed by atoms with van der Waals surface area (Å²) in [5.74, 6) is 0.484. The zero-order chi connectivity index (χ0) is 21.9. The van der Waals surface area contributed by atoms with E-state index in [2.05, 4.69) is 20.8 Å². The van der Waals surface area contributed by atoms with Crippen LogP contribution in [0.1, 0.15) is 38.3 Å². The molecule has 0 aliphatic carbocycles. The summed E-state index contributed by atoms with van der Waals surface area (Å²) in [6.07, 6.45) is 0.446. The van der Waals surface area contributed by atoms with Crippen molar-refractivity contribution in [3.05, 3.63) is 64.7 Å². The molecule has 0 aromatic heterocycles. The molecule has 0 spiro atoms. The van der Waals surface area contributed by atoms with Crippen molar-refractivity contribution in [3.63, 3.8) is 0 Å².